The van der Waals surface area contributed by atoms with Crippen molar-refractivity contribution in [3.63, 3.8) is 0 Å². The molecular formula is C13H16O3. The molecule has 1 atom stereocenters. The first-order chi connectivity index (χ1) is 7.63. The molecule has 1 N–H and O–H groups in total. The summed E-state index contributed by atoms with van der Waals surface area (Å²) >= 11 is 0. The predicted molar refractivity (Wildman–Crippen MR) is 62.2 cm³/mol. The Kier molecular flexibility index (Phi) is 4.58. The fourth-order valence-corrected chi connectivity index (χ4v) is 1.39. The van der Waals surface area contributed by atoms with E-state index in [-0.39, 0.29) is 11.9 Å². The molecule has 0 saturated carbocycles. The Bertz CT molecular complexity index is 371. The summed E-state index contributed by atoms with van der Waals surface area (Å²) in [5.74, 6) is -0.130. The van der Waals surface area contributed by atoms with Crippen LogP contribution in [-0.2, 0) is 16.0 Å². The van der Waals surface area contributed by atoms with Crippen molar-refractivity contribution < 1.29 is 14.6 Å². The molecule has 0 bridgehead atoms. The first-order valence-electron chi connectivity index (χ1n) is 5.23. The molecule has 0 amide bonds. The highest BCUT2D eigenvalue weighted by molar-refractivity contribution is 5.81. The highest BCUT2D eigenvalue weighted by Crippen LogP contribution is 2.18. The Labute approximate surface area is 95.4 Å². The normalized spacial score (nSPS) is 11.8. The van der Waals surface area contributed by atoms with E-state index in [0.717, 1.165) is 11.6 Å². The van der Waals surface area contributed by atoms with E-state index in [1.807, 2.05) is 19.1 Å². The summed E-state index contributed by atoms with van der Waals surface area (Å²) in [6.07, 6.45) is 2.33. The molecule has 0 saturated heterocycles. The first-order valence-corrected chi connectivity index (χ1v) is 5.23. The zero-order chi connectivity index (χ0) is 12.0. The maximum atomic E-state index is 10.9. The van der Waals surface area contributed by atoms with Gasteiger partial charge in [-0.2, -0.15) is 0 Å². The van der Waals surface area contributed by atoms with Crippen molar-refractivity contribution in [2.45, 2.75) is 25.9 Å². The summed E-state index contributed by atoms with van der Waals surface area (Å²) < 4.78 is 5.02. The van der Waals surface area contributed by atoms with Gasteiger partial charge in [0.15, 0.2) is 0 Å². The van der Waals surface area contributed by atoms with Gasteiger partial charge in [0.2, 0.25) is 0 Å². The molecule has 16 heavy (non-hydrogen) atoms. The first kappa shape index (κ1) is 12.3. The molecule has 0 fully saturated rings. The molecule has 0 radical (unpaired) electrons. The van der Waals surface area contributed by atoms with Crippen molar-refractivity contribution in [3.05, 3.63) is 42.5 Å². The van der Waals surface area contributed by atoms with Crippen molar-refractivity contribution in [2.75, 3.05) is 0 Å². The van der Waals surface area contributed by atoms with Crippen LogP contribution in [0.2, 0.25) is 0 Å². The molecule has 1 aromatic rings. The Morgan fingerprint density at radius 2 is 2.25 bits per heavy atom. The minimum absolute atomic E-state index is 0.176. The van der Waals surface area contributed by atoms with Crippen molar-refractivity contribution in [1.82, 2.24) is 0 Å². The van der Waals surface area contributed by atoms with Gasteiger partial charge in [-0.3, -0.25) is 0 Å². The van der Waals surface area contributed by atoms with Crippen molar-refractivity contribution in [1.29, 1.82) is 0 Å². The molecule has 1 aromatic carbocycles. The third kappa shape index (κ3) is 3.77. The maximum Gasteiger partial charge on any atom is 0.330 e. The molecule has 0 aliphatic carbocycles. The lowest BCUT2D eigenvalue weighted by Gasteiger charge is -2.12. The van der Waals surface area contributed by atoms with Gasteiger partial charge in [-0.05, 0) is 31.4 Å². The number of phenolic OH excluding ortho intramolecular Hbond substituents is 1. The number of phenols is 1. The SMILES string of the molecule is C=CC(=O)OC(C)CCc1ccccc1O. The number of rotatable bonds is 5. The van der Waals surface area contributed by atoms with Crippen molar-refractivity contribution >= 4 is 5.97 Å². The van der Waals surface area contributed by atoms with E-state index in [4.69, 9.17) is 4.74 Å². The molecule has 0 heterocycles. The summed E-state index contributed by atoms with van der Waals surface area (Å²) in [7, 11) is 0. The zero-order valence-electron chi connectivity index (χ0n) is 9.35. The van der Waals surface area contributed by atoms with E-state index in [0.29, 0.717) is 12.8 Å². The Hall–Kier alpha value is -1.77. The van der Waals surface area contributed by atoms with Crippen LogP contribution in [0, 0.1) is 0 Å². The smallest absolute Gasteiger partial charge is 0.330 e. The van der Waals surface area contributed by atoms with Crippen LogP contribution in [0.15, 0.2) is 36.9 Å². The van der Waals surface area contributed by atoms with Gasteiger partial charge in [-0.15, -0.1) is 0 Å². The van der Waals surface area contributed by atoms with Gasteiger partial charge in [0.1, 0.15) is 5.75 Å². The zero-order valence-corrected chi connectivity index (χ0v) is 9.35. The van der Waals surface area contributed by atoms with Crippen LogP contribution in [0.1, 0.15) is 18.9 Å². The number of benzene rings is 1. The van der Waals surface area contributed by atoms with Crippen LogP contribution < -0.4 is 0 Å². The average molecular weight is 220 g/mol. The van der Waals surface area contributed by atoms with Gasteiger partial charge in [-0.25, -0.2) is 4.79 Å². The van der Waals surface area contributed by atoms with E-state index >= 15 is 0 Å². The molecule has 1 unspecified atom stereocenters. The lowest BCUT2D eigenvalue weighted by atomic mass is 10.1. The van der Waals surface area contributed by atoms with Gasteiger partial charge < -0.3 is 9.84 Å². The van der Waals surface area contributed by atoms with Gasteiger partial charge in [0.05, 0.1) is 6.10 Å². The fraction of sp³-hybridized carbons (Fsp3) is 0.308. The summed E-state index contributed by atoms with van der Waals surface area (Å²) in [6, 6.07) is 7.16. The fourth-order valence-electron chi connectivity index (χ4n) is 1.39. The Morgan fingerprint density at radius 3 is 2.88 bits per heavy atom. The Balaban J connectivity index is 2.43. The number of carbonyl (C=O) groups is 1. The molecule has 0 spiro atoms. The average Bonchev–Trinajstić information content (AvgIpc) is 2.28. The molecule has 0 aromatic heterocycles. The van der Waals surface area contributed by atoms with Crippen LogP contribution in [-0.4, -0.2) is 17.2 Å². The molecular weight excluding hydrogens is 204 g/mol. The number of hydrogen-bond acceptors (Lipinski definition) is 3. The van der Waals surface area contributed by atoms with Gasteiger partial charge in [-0.1, -0.05) is 24.8 Å². The summed E-state index contributed by atoms with van der Waals surface area (Å²) in [5, 5.41) is 9.53. The largest absolute Gasteiger partial charge is 0.508 e. The number of para-hydroxylation sites is 1. The monoisotopic (exact) mass is 220 g/mol. The number of aryl methyl sites for hydroxylation is 1. The lowest BCUT2D eigenvalue weighted by molar-refractivity contribution is -0.142. The molecule has 0 aliphatic rings. The number of ether oxygens (including phenoxy) is 1. The second-order valence-corrected chi connectivity index (χ2v) is 3.62. The van der Waals surface area contributed by atoms with Crippen molar-refractivity contribution in [3.8, 4) is 5.75 Å². The van der Waals surface area contributed by atoms with Crippen LogP contribution in [0.25, 0.3) is 0 Å². The van der Waals surface area contributed by atoms with Gasteiger partial charge >= 0.3 is 5.97 Å². The van der Waals surface area contributed by atoms with Crippen LogP contribution >= 0.6 is 0 Å². The molecule has 86 valence electrons. The van der Waals surface area contributed by atoms with Crippen LogP contribution in [0.4, 0.5) is 0 Å². The molecule has 1 rings (SSSR count). The van der Waals surface area contributed by atoms with E-state index in [1.54, 1.807) is 12.1 Å². The van der Waals surface area contributed by atoms with Crippen molar-refractivity contribution in [2.24, 2.45) is 0 Å². The summed E-state index contributed by atoms with van der Waals surface area (Å²) in [4.78, 5) is 10.9. The predicted octanol–water partition coefficient (Wildman–Crippen LogP) is 2.44. The Morgan fingerprint density at radius 1 is 1.56 bits per heavy atom. The second-order valence-electron chi connectivity index (χ2n) is 3.62. The highest BCUT2D eigenvalue weighted by atomic mass is 16.5. The standard InChI is InChI=1S/C13H16O3/c1-3-13(15)16-10(2)8-9-11-6-4-5-7-12(11)14/h3-7,10,14H,1,8-9H2,2H3. The van der Waals surface area contributed by atoms with E-state index in [9.17, 15) is 9.90 Å². The molecule has 0 aliphatic heterocycles. The third-order valence-electron chi connectivity index (χ3n) is 2.30. The van der Waals surface area contributed by atoms with E-state index in [2.05, 4.69) is 6.58 Å². The quantitative estimate of drug-likeness (QED) is 0.612. The van der Waals surface area contributed by atoms with Crippen LogP contribution in [0.5, 0.6) is 5.75 Å². The third-order valence-corrected chi connectivity index (χ3v) is 2.30. The number of esters is 1. The minimum atomic E-state index is -0.412. The van der Waals surface area contributed by atoms with E-state index in [1.165, 1.54) is 0 Å². The number of hydrogen-bond donors (Lipinski definition) is 1. The summed E-state index contributed by atoms with van der Waals surface area (Å²) in [6.45, 7) is 5.15. The second kappa shape index (κ2) is 5.95. The lowest BCUT2D eigenvalue weighted by Crippen LogP contribution is -2.13. The highest BCUT2D eigenvalue weighted by Gasteiger charge is 2.08. The maximum absolute atomic E-state index is 10.9. The number of carbonyl (C=O) groups excluding carboxylic acids is 1. The minimum Gasteiger partial charge on any atom is -0.508 e. The van der Waals surface area contributed by atoms with Crippen LogP contribution in [0.3, 0.4) is 0 Å². The summed E-state index contributed by atoms with van der Waals surface area (Å²) in [5.41, 5.74) is 0.865. The molecule has 3 nitrogen and oxygen atoms in total. The number of aromatic hydroxyl groups is 1. The van der Waals surface area contributed by atoms with Gasteiger partial charge in [0.25, 0.3) is 0 Å². The molecule has 3 heteroatoms. The van der Waals surface area contributed by atoms with Gasteiger partial charge in [0, 0.05) is 6.08 Å². The van der Waals surface area contributed by atoms with E-state index < -0.39 is 5.97 Å². The topological polar surface area (TPSA) is 46.5 Å².